The minimum atomic E-state index is -3.49. The second kappa shape index (κ2) is 17.0. The van der Waals surface area contributed by atoms with Gasteiger partial charge < -0.3 is 35.7 Å². The van der Waals surface area contributed by atoms with Gasteiger partial charge in [0.25, 0.3) is 5.91 Å². The van der Waals surface area contributed by atoms with Gasteiger partial charge in [-0.15, -0.1) is 0 Å². The van der Waals surface area contributed by atoms with E-state index in [9.17, 15) is 32.7 Å². The smallest absolute Gasteiger partial charge is 0.425 e. The molecule has 1 unspecified atom stereocenters. The monoisotopic (exact) mass is 791 g/mol. The number of amides is 3. The molecule has 3 amide bonds. The fourth-order valence-electron chi connectivity index (χ4n) is 5.74. The Morgan fingerprint density at radius 3 is 2.00 bits per heavy atom. The molecule has 3 aromatic carbocycles. The highest BCUT2D eigenvalue weighted by Crippen LogP contribution is 2.33. The van der Waals surface area contributed by atoms with Crippen LogP contribution in [-0.2, 0) is 35.4 Å². The number of imide groups is 1. The van der Waals surface area contributed by atoms with Gasteiger partial charge >= 0.3 is 18.2 Å². The van der Waals surface area contributed by atoms with Gasteiger partial charge in [0, 0.05) is 29.5 Å². The van der Waals surface area contributed by atoms with Crippen molar-refractivity contribution in [3.8, 4) is 5.75 Å². The molecule has 0 aliphatic heterocycles. The van der Waals surface area contributed by atoms with E-state index >= 15 is 0 Å². The molecule has 16 heteroatoms. The molecule has 0 aliphatic carbocycles. The highest BCUT2D eigenvalue weighted by molar-refractivity contribution is 7.91. The van der Waals surface area contributed by atoms with Crippen LogP contribution in [0.1, 0.15) is 76.8 Å². The summed E-state index contributed by atoms with van der Waals surface area (Å²) in [6.07, 6.45) is -0.538. The third-order valence-electron chi connectivity index (χ3n) is 8.11. The molecule has 0 fully saturated rings. The lowest BCUT2D eigenvalue weighted by atomic mass is 9.99. The molecule has 5 N–H and O–H groups in total. The van der Waals surface area contributed by atoms with Crippen molar-refractivity contribution < 1.29 is 46.9 Å². The summed E-state index contributed by atoms with van der Waals surface area (Å²) in [7, 11) is -3.49. The number of carbonyl (C=O) groups is 4. The predicted molar refractivity (Wildman–Crippen MR) is 213 cm³/mol. The lowest BCUT2D eigenvalue weighted by molar-refractivity contribution is -0.138. The van der Waals surface area contributed by atoms with Crippen LogP contribution in [0.2, 0.25) is 0 Å². The number of carboxylic acids is 1. The Morgan fingerprint density at radius 2 is 1.46 bits per heavy atom. The average Bonchev–Trinajstić information content (AvgIpc) is 3.08. The number of pyridine rings is 1. The van der Waals surface area contributed by atoms with Crippen molar-refractivity contribution in [2.24, 2.45) is 5.73 Å². The third kappa shape index (κ3) is 10.7. The molecule has 0 saturated heterocycles. The van der Waals surface area contributed by atoms with E-state index in [1.807, 2.05) is 0 Å². The number of hydrogen-bond acceptors (Lipinski definition) is 12. The van der Waals surface area contributed by atoms with Crippen molar-refractivity contribution in [1.29, 1.82) is 0 Å². The Hall–Kier alpha value is -5.74. The zero-order chi connectivity index (χ0) is 41.7. The number of aryl methyl sites for hydroxylation is 2. The molecule has 1 heterocycles. The van der Waals surface area contributed by atoms with Gasteiger partial charge in [0.2, 0.25) is 0 Å². The second-order valence-electron chi connectivity index (χ2n) is 15.0. The van der Waals surface area contributed by atoms with Crippen LogP contribution < -0.4 is 26.0 Å². The topological polar surface area (TPSA) is 217 Å². The van der Waals surface area contributed by atoms with Crippen LogP contribution >= 0.6 is 0 Å². The second-order valence-corrected chi connectivity index (χ2v) is 17.3. The van der Waals surface area contributed by atoms with Crippen LogP contribution in [0.15, 0.2) is 65.7 Å². The number of nitrogens with two attached hydrogens (primary N) is 1. The minimum absolute atomic E-state index is 0.0245. The Morgan fingerprint density at radius 1 is 0.875 bits per heavy atom. The number of anilines is 3. The van der Waals surface area contributed by atoms with Crippen molar-refractivity contribution in [2.45, 2.75) is 91.0 Å². The summed E-state index contributed by atoms with van der Waals surface area (Å²) >= 11 is 0. The van der Waals surface area contributed by atoms with Crippen LogP contribution in [-0.4, -0.2) is 66.1 Å². The molecule has 56 heavy (non-hydrogen) atoms. The first kappa shape index (κ1) is 43.0. The number of ether oxygens (including phenoxy) is 3. The number of aromatic nitrogens is 1. The molecule has 0 bridgehead atoms. The molecule has 0 saturated carbocycles. The van der Waals surface area contributed by atoms with Crippen molar-refractivity contribution in [2.75, 3.05) is 27.9 Å². The maximum absolute atomic E-state index is 13.3. The number of carbonyl (C=O) groups excluding carboxylic acids is 3. The van der Waals surface area contributed by atoms with Gasteiger partial charge in [0.15, 0.2) is 28.3 Å². The minimum Gasteiger partial charge on any atom is -0.483 e. The average molecular weight is 792 g/mol. The highest BCUT2D eigenvalue weighted by Gasteiger charge is 2.35. The van der Waals surface area contributed by atoms with Gasteiger partial charge in [-0.2, -0.15) is 4.90 Å². The maximum atomic E-state index is 13.3. The third-order valence-corrected chi connectivity index (χ3v) is 9.94. The number of hydrogen-bond donors (Lipinski definition) is 4. The largest absolute Gasteiger partial charge is 0.483 e. The van der Waals surface area contributed by atoms with E-state index in [1.165, 1.54) is 31.3 Å². The molecule has 0 spiro atoms. The first-order valence-electron chi connectivity index (χ1n) is 17.8. The number of nitrogens with zero attached hydrogens (tertiary/aromatic N) is 2. The summed E-state index contributed by atoms with van der Waals surface area (Å²) in [5, 5.41) is 17.0. The van der Waals surface area contributed by atoms with E-state index in [0.29, 0.717) is 50.2 Å². The van der Waals surface area contributed by atoms with Gasteiger partial charge in [-0.05, 0) is 138 Å². The van der Waals surface area contributed by atoms with Crippen molar-refractivity contribution in [3.05, 3.63) is 83.0 Å². The molecular formula is C40H49N5O10S. The summed E-state index contributed by atoms with van der Waals surface area (Å²) in [5.41, 5.74) is 6.67. The summed E-state index contributed by atoms with van der Waals surface area (Å²) in [5.74, 6) is -1.38. The predicted octanol–water partition coefficient (Wildman–Crippen LogP) is 7.04. The van der Waals surface area contributed by atoms with E-state index in [1.54, 1.807) is 91.8 Å². The Bertz CT molecular complexity index is 2210. The first-order valence-corrected chi connectivity index (χ1v) is 19.4. The molecule has 1 atom stereocenters. The molecule has 4 aromatic rings. The summed E-state index contributed by atoms with van der Waals surface area (Å²) in [4.78, 5) is 57.2. The number of aliphatic carboxylic acids is 1. The standard InChI is InChI=1S/C40H49N5O10S/c1-10-56(51,52)31-14-12-28(20-27(31)21-41)43-32(46)22-53-34-23(2)17-26(18-24(34)3)33(36(47)48)44-29-11-13-30-25(19-29)15-16-42-35(30)45(37(49)54-39(4,5)6)38(50)55-40(7,8)9/h11-20,33,44H,10,21-22,41H2,1-9H3,(H,43,46)(H,47,48). The van der Waals surface area contributed by atoms with Gasteiger partial charge in [-0.1, -0.05) is 6.92 Å². The fourth-order valence-corrected chi connectivity index (χ4v) is 6.86. The lowest BCUT2D eigenvalue weighted by Crippen LogP contribution is -2.44. The van der Waals surface area contributed by atoms with Gasteiger partial charge in [-0.3, -0.25) is 4.79 Å². The lowest BCUT2D eigenvalue weighted by Gasteiger charge is -2.28. The zero-order valence-corrected chi connectivity index (χ0v) is 33.8. The Labute approximate surface area is 326 Å². The van der Waals surface area contributed by atoms with Crippen LogP contribution in [0.5, 0.6) is 5.75 Å². The van der Waals surface area contributed by atoms with E-state index in [-0.39, 0.29) is 29.6 Å². The molecule has 0 radical (unpaired) electrons. The summed E-state index contributed by atoms with van der Waals surface area (Å²) in [6.45, 7) is 14.6. The van der Waals surface area contributed by atoms with Crippen LogP contribution in [0.4, 0.5) is 26.8 Å². The molecule has 300 valence electrons. The Kier molecular flexibility index (Phi) is 13.0. The molecule has 0 aliphatic rings. The summed E-state index contributed by atoms with van der Waals surface area (Å²) in [6, 6.07) is 13.0. The van der Waals surface area contributed by atoms with Gasteiger partial charge in [0.1, 0.15) is 17.0 Å². The van der Waals surface area contributed by atoms with Crippen molar-refractivity contribution in [1.82, 2.24) is 4.98 Å². The number of benzene rings is 3. The Balaban J connectivity index is 1.55. The van der Waals surface area contributed by atoms with Gasteiger partial charge in [0.05, 0.1) is 10.6 Å². The normalized spacial score (nSPS) is 12.4. The van der Waals surface area contributed by atoms with Crippen molar-refractivity contribution in [3.63, 3.8) is 0 Å². The number of nitrogens with one attached hydrogen (secondary N) is 2. The van der Waals surface area contributed by atoms with Gasteiger partial charge in [-0.25, -0.2) is 27.8 Å². The van der Waals surface area contributed by atoms with E-state index in [0.717, 1.165) is 4.90 Å². The summed E-state index contributed by atoms with van der Waals surface area (Å²) < 4.78 is 41.6. The quantitative estimate of drug-likeness (QED) is 0.113. The molecule has 1 aromatic heterocycles. The zero-order valence-electron chi connectivity index (χ0n) is 33.0. The number of sulfone groups is 1. The van der Waals surface area contributed by atoms with E-state index < -0.39 is 51.1 Å². The number of carboxylic acid groups (broad SMARTS) is 1. The number of rotatable bonds is 12. The molecular weight excluding hydrogens is 743 g/mol. The highest BCUT2D eigenvalue weighted by atomic mass is 32.2. The maximum Gasteiger partial charge on any atom is 0.425 e. The molecule has 4 rings (SSSR count). The van der Waals surface area contributed by atoms with E-state index in [4.69, 9.17) is 19.9 Å². The van der Waals surface area contributed by atoms with Crippen LogP contribution in [0.3, 0.4) is 0 Å². The number of fused-ring (bicyclic) bond motifs is 1. The first-order chi connectivity index (χ1) is 26.0. The SMILES string of the molecule is CCS(=O)(=O)c1ccc(NC(=O)COc2c(C)cc(C(Nc3ccc4c(N(C(=O)OC(C)(C)C)C(=O)OC(C)(C)C)nccc4c3)C(=O)O)cc2C)cc1CN. The fraction of sp³-hybridized carbons (Fsp3) is 0.375. The van der Waals surface area contributed by atoms with E-state index in [2.05, 4.69) is 15.6 Å². The molecule has 15 nitrogen and oxygen atoms in total. The van der Waals surface area contributed by atoms with Crippen molar-refractivity contribution >= 4 is 61.9 Å². The van der Waals surface area contributed by atoms with Crippen LogP contribution in [0.25, 0.3) is 10.8 Å². The van der Waals surface area contributed by atoms with Crippen LogP contribution in [0, 0.1) is 13.8 Å².